The molecule has 0 rings (SSSR count). The van der Waals surface area contributed by atoms with Crippen molar-refractivity contribution >= 4 is 37.4 Å². The predicted molar refractivity (Wildman–Crippen MR) is 146 cm³/mol. The van der Waals surface area contributed by atoms with E-state index in [0.29, 0.717) is 0 Å². The molecule has 0 aromatic carbocycles. The summed E-state index contributed by atoms with van der Waals surface area (Å²) in [6, 6.07) is 0. The van der Waals surface area contributed by atoms with Crippen LogP contribution in [-0.4, -0.2) is 48.4 Å². The Morgan fingerprint density at radius 2 is 0.903 bits per heavy atom. The van der Waals surface area contributed by atoms with Crippen molar-refractivity contribution in [2.75, 3.05) is 18.5 Å². The molecule has 0 spiro atoms. The van der Waals surface area contributed by atoms with Gasteiger partial charge in [-0.3, -0.25) is 0 Å². The molecule has 2 radical (unpaired) electrons. The second-order valence-electron chi connectivity index (χ2n) is 9.15. The maximum absolute atomic E-state index is 12.2. The molecule has 0 aliphatic heterocycles. The summed E-state index contributed by atoms with van der Waals surface area (Å²) < 4.78 is 6.22. The van der Waals surface area contributed by atoms with Gasteiger partial charge >= 0.3 is 29.9 Å². The summed E-state index contributed by atoms with van der Waals surface area (Å²) in [4.78, 5) is 12.2. The Balaban J connectivity index is 0. The normalized spacial score (nSPS) is 11.2. The summed E-state index contributed by atoms with van der Waals surface area (Å²) in [6.07, 6.45) is 28.4. The molecule has 0 fully saturated rings. The summed E-state index contributed by atoms with van der Waals surface area (Å²) >= 11 is 0. The van der Waals surface area contributed by atoms with E-state index in [9.17, 15) is 4.79 Å². The molecule has 2 nitrogen and oxygen atoms in total. The molecule has 184 valence electrons. The van der Waals surface area contributed by atoms with E-state index >= 15 is 0 Å². The molecule has 31 heavy (non-hydrogen) atoms. The van der Waals surface area contributed by atoms with E-state index in [2.05, 4.69) is 27.4 Å². The van der Waals surface area contributed by atoms with Gasteiger partial charge in [-0.05, 0) is 38.5 Å². The first-order valence-corrected chi connectivity index (χ1v) is 15.6. The first kappa shape index (κ1) is 33.6. The summed E-state index contributed by atoms with van der Waals surface area (Å²) in [5.41, 5.74) is 0. The molecule has 0 N–H and O–H groups in total. The molecule has 0 saturated carbocycles. The van der Waals surface area contributed by atoms with Crippen LogP contribution in [0.1, 0.15) is 136 Å². The van der Waals surface area contributed by atoms with Gasteiger partial charge in [0.15, 0.2) is 7.49 Å². The monoisotopic (exact) mass is 563 g/mol. The molecular weight excluding hydrogens is 506 g/mol. The maximum atomic E-state index is 12.2. The molecule has 0 amide bonds. The summed E-state index contributed by atoms with van der Waals surface area (Å²) in [5.74, 6) is -0.175. The molecule has 0 aromatic heterocycles. The first-order valence-electron chi connectivity index (χ1n) is 13.4. The van der Waals surface area contributed by atoms with Crippen molar-refractivity contribution in [3.63, 3.8) is 0 Å². The average Bonchev–Trinajstić information content (AvgIpc) is 2.75. The van der Waals surface area contributed by atoms with Gasteiger partial charge in [0.05, 0.1) is 18.5 Å². The Bertz CT molecular complexity index is 360. The second kappa shape index (κ2) is 25.1. The van der Waals surface area contributed by atoms with Crippen molar-refractivity contribution in [2.24, 2.45) is 0 Å². The van der Waals surface area contributed by atoms with Gasteiger partial charge in [0.25, 0.3) is 0 Å². The zero-order valence-electron chi connectivity index (χ0n) is 21.6. The van der Waals surface area contributed by atoms with Crippen molar-refractivity contribution in [1.82, 2.24) is 0 Å². The average molecular weight is 562 g/mol. The third-order valence-corrected chi connectivity index (χ3v) is 10.2. The van der Waals surface area contributed by atoms with Crippen LogP contribution in [0.25, 0.3) is 0 Å². The van der Waals surface area contributed by atoms with Crippen LogP contribution in [0, 0.1) is 0 Å². The van der Waals surface area contributed by atoms with Crippen LogP contribution in [0.15, 0.2) is 12.7 Å². The van der Waals surface area contributed by atoms with Gasteiger partial charge in [0, 0.05) is 6.08 Å². The zero-order valence-corrected chi connectivity index (χ0v) is 26.5. The molecule has 0 aliphatic rings. The number of hydrogen-bond donors (Lipinski definition) is 0. The Morgan fingerprint density at radius 1 is 0.613 bits per heavy atom. The van der Waals surface area contributed by atoms with Gasteiger partial charge in [-0.15, -0.1) is 0 Å². The van der Waals surface area contributed by atoms with Crippen LogP contribution in [0.2, 0.25) is 0 Å². The van der Waals surface area contributed by atoms with Crippen LogP contribution in [0.4, 0.5) is 0 Å². The molecule has 0 atom stereocenters. The Morgan fingerprint density at radius 3 is 1.19 bits per heavy atom. The van der Waals surface area contributed by atoms with Crippen molar-refractivity contribution in [2.45, 2.75) is 136 Å². The van der Waals surface area contributed by atoms with Crippen LogP contribution in [0.3, 0.4) is 0 Å². The van der Waals surface area contributed by atoms with Gasteiger partial charge < -0.3 is 4.52 Å². The van der Waals surface area contributed by atoms with Gasteiger partial charge in [-0.2, -0.15) is 0 Å². The quantitative estimate of drug-likeness (QED) is 0.0539. The number of carbonyl (C=O) groups is 1. The van der Waals surface area contributed by atoms with Crippen molar-refractivity contribution in [3.8, 4) is 0 Å². The fraction of sp³-hybridized carbons (Fsp3) is 0.889. The third-order valence-electron chi connectivity index (χ3n) is 6.21. The standard InChI is InChI=1S/C27H54O2P.Sn.2H/c1-5-9-12-15-18-21-24-30(29-27(28)8-4,25-22-19-16-13-10-6-2)26-23-20-17-14-11-7-3;;;/h8H,4-7,9-26H2,1-3H3;;;/q+1;;;. The van der Waals surface area contributed by atoms with E-state index in [-0.39, 0.29) is 29.9 Å². The summed E-state index contributed by atoms with van der Waals surface area (Å²) in [5, 5.41) is 0. The van der Waals surface area contributed by atoms with E-state index in [0.717, 1.165) is 18.5 Å². The third kappa shape index (κ3) is 20.8. The molecule has 4 heteroatoms. The number of rotatable bonds is 23. The molecular formula is C27H56O2PSn+. The molecule has 0 aromatic rings. The minimum absolute atomic E-state index is 0. The fourth-order valence-electron chi connectivity index (χ4n) is 4.24. The molecule has 0 bridgehead atoms. The van der Waals surface area contributed by atoms with Crippen LogP contribution >= 0.6 is 7.49 Å². The van der Waals surface area contributed by atoms with Gasteiger partial charge in [-0.1, -0.05) is 104 Å². The fourth-order valence-corrected chi connectivity index (χ4v) is 8.04. The van der Waals surface area contributed by atoms with Crippen LogP contribution in [0.5, 0.6) is 0 Å². The van der Waals surface area contributed by atoms with E-state index in [1.165, 1.54) is 122 Å². The predicted octanol–water partition coefficient (Wildman–Crippen LogP) is 8.81. The van der Waals surface area contributed by atoms with Crippen molar-refractivity contribution in [1.29, 1.82) is 0 Å². The number of carbonyl (C=O) groups excluding carboxylic acids is 1. The number of hydrogen-bond acceptors (Lipinski definition) is 2. The second-order valence-corrected chi connectivity index (χ2v) is 12.8. The van der Waals surface area contributed by atoms with Gasteiger partial charge in [-0.25, -0.2) is 4.79 Å². The Labute approximate surface area is 213 Å². The van der Waals surface area contributed by atoms with Crippen LogP contribution in [-0.2, 0) is 9.32 Å². The molecule has 0 heterocycles. The van der Waals surface area contributed by atoms with E-state index < -0.39 is 7.49 Å². The molecule has 0 aliphatic carbocycles. The number of unbranched alkanes of at least 4 members (excludes halogenated alkanes) is 15. The SMILES string of the molecule is C=CC(=O)O[P+](CCCCCCCC)(CCCCCCCC)CCCCCCCC.[SnH2]. The van der Waals surface area contributed by atoms with E-state index in [1.54, 1.807) is 0 Å². The molecule has 0 unspecified atom stereocenters. The zero-order chi connectivity index (χ0) is 22.3. The van der Waals surface area contributed by atoms with E-state index in [4.69, 9.17) is 4.52 Å². The summed E-state index contributed by atoms with van der Waals surface area (Å²) in [7, 11) is -1.66. The minimum atomic E-state index is -1.66. The topological polar surface area (TPSA) is 26.3 Å². The van der Waals surface area contributed by atoms with E-state index in [1.807, 2.05) is 0 Å². The molecule has 0 saturated heterocycles. The van der Waals surface area contributed by atoms with Crippen molar-refractivity contribution in [3.05, 3.63) is 12.7 Å². The summed E-state index contributed by atoms with van der Waals surface area (Å²) in [6.45, 7) is 10.5. The van der Waals surface area contributed by atoms with Crippen LogP contribution < -0.4 is 0 Å². The first-order chi connectivity index (χ1) is 14.6. The Kier molecular flexibility index (Phi) is 27.2. The Hall–Kier alpha value is 0.439. The van der Waals surface area contributed by atoms with Gasteiger partial charge in [0.1, 0.15) is 0 Å². The van der Waals surface area contributed by atoms with Crippen molar-refractivity contribution < 1.29 is 9.32 Å². The van der Waals surface area contributed by atoms with Gasteiger partial charge in [0.2, 0.25) is 0 Å².